The van der Waals surface area contributed by atoms with Crippen LogP contribution in [0.15, 0.2) is 42.5 Å². The summed E-state index contributed by atoms with van der Waals surface area (Å²) < 4.78 is 0. The normalized spacial score (nSPS) is 21.8. The Bertz CT molecular complexity index is 692. The summed E-state index contributed by atoms with van der Waals surface area (Å²) in [5.41, 5.74) is 6.76. The number of fused-ring (bicyclic) bond motifs is 1. The highest BCUT2D eigenvalue weighted by atomic mass is 35.5. The Balaban J connectivity index is 0.00000208. The molecule has 2 aromatic carbocycles. The zero-order chi connectivity index (χ0) is 16.2. The molecule has 1 fully saturated rings. The predicted octanol–water partition coefficient (Wildman–Crippen LogP) is 2.93. The Hall–Kier alpha value is -1.62. The van der Waals surface area contributed by atoms with Crippen molar-refractivity contribution >= 4 is 29.1 Å². The van der Waals surface area contributed by atoms with Crippen molar-refractivity contribution in [2.45, 2.75) is 37.8 Å². The monoisotopic (exact) mass is 348 g/mol. The lowest BCUT2D eigenvalue weighted by Gasteiger charge is -2.26. The zero-order valence-electron chi connectivity index (χ0n) is 13.7. The minimum Gasteiger partial charge on any atom is -0.387 e. The number of carbonyl (C=O) groups excluding carboxylic acids is 1. The molecule has 4 nitrogen and oxygen atoms in total. The number of nitrogens with one attached hydrogen (secondary N) is 1. The summed E-state index contributed by atoms with van der Waals surface area (Å²) >= 11 is 0. The van der Waals surface area contributed by atoms with Gasteiger partial charge in [0.1, 0.15) is 0 Å². The lowest BCUT2D eigenvalue weighted by Crippen LogP contribution is -2.39. The van der Waals surface area contributed by atoms with Crippen molar-refractivity contribution in [3.63, 3.8) is 0 Å². The van der Waals surface area contributed by atoms with Gasteiger partial charge in [-0.25, -0.2) is 0 Å². The topological polar surface area (TPSA) is 75.4 Å². The third kappa shape index (κ3) is 4.47. The molecule has 3 rings (SSSR count). The van der Waals surface area contributed by atoms with E-state index in [0.29, 0.717) is 0 Å². The van der Waals surface area contributed by atoms with E-state index in [-0.39, 0.29) is 36.8 Å². The molecule has 0 radical (unpaired) electrons. The van der Waals surface area contributed by atoms with Gasteiger partial charge in [0.05, 0.1) is 6.10 Å². The fourth-order valence-corrected chi connectivity index (χ4v) is 3.34. The minimum absolute atomic E-state index is 0. The van der Waals surface area contributed by atoms with Gasteiger partial charge in [-0.15, -0.1) is 12.4 Å². The van der Waals surface area contributed by atoms with Gasteiger partial charge in [-0.05, 0) is 41.7 Å². The van der Waals surface area contributed by atoms with E-state index in [2.05, 4.69) is 5.32 Å². The Labute approximate surface area is 148 Å². The largest absolute Gasteiger partial charge is 0.387 e. The van der Waals surface area contributed by atoms with Gasteiger partial charge in [0.25, 0.3) is 0 Å². The first-order valence-electron chi connectivity index (χ1n) is 8.33. The van der Waals surface area contributed by atoms with Crippen LogP contribution >= 0.6 is 12.4 Å². The summed E-state index contributed by atoms with van der Waals surface area (Å²) in [5, 5.41) is 15.4. The minimum atomic E-state index is -0.694. The van der Waals surface area contributed by atoms with Crippen LogP contribution in [0.25, 0.3) is 10.8 Å². The van der Waals surface area contributed by atoms with Gasteiger partial charge >= 0.3 is 0 Å². The molecule has 3 atom stereocenters. The molecule has 3 unspecified atom stereocenters. The molecule has 1 aliphatic rings. The number of nitrogens with two attached hydrogens (primary N) is 1. The van der Waals surface area contributed by atoms with Gasteiger partial charge < -0.3 is 16.2 Å². The van der Waals surface area contributed by atoms with Crippen molar-refractivity contribution in [1.82, 2.24) is 5.32 Å². The van der Waals surface area contributed by atoms with Crippen LogP contribution in [-0.4, -0.2) is 23.6 Å². The molecule has 0 heterocycles. The number of aliphatic hydroxyl groups excluding tert-OH is 1. The van der Waals surface area contributed by atoms with Crippen LogP contribution in [0.1, 0.15) is 37.4 Å². The molecule has 5 heteroatoms. The Morgan fingerprint density at radius 1 is 1.21 bits per heavy atom. The third-order valence-corrected chi connectivity index (χ3v) is 4.71. The highest BCUT2D eigenvalue weighted by Crippen LogP contribution is 2.24. The van der Waals surface area contributed by atoms with Crippen molar-refractivity contribution in [1.29, 1.82) is 0 Å². The Kier molecular flexibility index (Phi) is 6.60. The van der Waals surface area contributed by atoms with E-state index in [1.165, 1.54) is 0 Å². The highest BCUT2D eigenvalue weighted by Gasteiger charge is 2.25. The molecular weight excluding hydrogens is 324 g/mol. The number of halogens is 1. The van der Waals surface area contributed by atoms with Crippen LogP contribution in [0.3, 0.4) is 0 Å². The van der Waals surface area contributed by atoms with Crippen LogP contribution in [0.4, 0.5) is 0 Å². The van der Waals surface area contributed by atoms with E-state index in [9.17, 15) is 9.90 Å². The molecule has 0 saturated heterocycles. The number of carbonyl (C=O) groups is 1. The second kappa shape index (κ2) is 8.47. The second-order valence-electron chi connectivity index (χ2n) is 6.49. The van der Waals surface area contributed by atoms with E-state index in [4.69, 9.17) is 5.73 Å². The van der Waals surface area contributed by atoms with Gasteiger partial charge in [0.15, 0.2) is 0 Å². The number of hydrogen-bond acceptors (Lipinski definition) is 3. The first-order valence-corrected chi connectivity index (χ1v) is 8.33. The van der Waals surface area contributed by atoms with E-state index >= 15 is 0 Å². The molecule has 130 valence electrons. The number of hydrogen-bond donors (Lipinski definition) is 3. The molecule has 0 aliphatic heterocycles. The molecule has 4 N–H and O–H groups in total. The molecule has 1 amide bonds. The zero-order valence-corrected chi connectivity index (χ0v) is 14.5. The lowest BCUT2D eigenvalue weighted by atomic mass is 9.85. The smallest absolute Gasteiger partial charge is 0.223 e. The SMILES string of the molecule is Cl.NC1CCCC(C(=O)NCC(O)c2ccc3ccccc3c2)C1. The van der Waals surface area contributed by atoms with E-state index in [0.717, 1.165) is 42.0 Å². The fourth-order valence-electron chi connectivity index (χ4n) is 3.34. The molecule has 0 aromatic heterocycles. The standard InChI is InChI=1S/C19H24N2O2.ClH/c20-17-7-3-6-16(11-17)19(23)21-12-18(22)15-9-8-13-4-1-2-5-14(13)10-15;/h1-2,4-5,8-10,16-18,22H,3,6-7,11-12,20H2,(H,21,23);1H. The van der Waals surface area contributed by atoms with Crippen molar-refractivity contribution in [2.24, 2.45) is 11.7 Å². The Morgan fingerprint density at radius 2 is 1.96 bits per heavy atom. The van der Waals surface area contributed by atoms with Crippen molar-refractivity contribution in [2.75, 3.05) is 6.54 Å². The van der Waals surface area contributed by atoms with Crippen molar-refractivity contribution in [3.05, 3.63) is 48.0 Å². The van der Waals surface area contributed by atoms with Gasteiger partial charge in [0.2, 0.25) is 5.91 Å². The van der Waals surface area contributed by atoms with Crippen molar-refractivity contribution < 1.29 is 9.90 Å². The fraction of sp³-hybridized carbons (Fsp3) is 0.421. The van der Waals surface area contributed by atoms with Crippen LogP contribution in [0.5, 0.6) is 0 Å². The van der Waals surface area contributed by atoms with Crippen molar-refractivity contribution in [3.8, 4) is 0 Å². The molecule has 2 aromatic rings. The summed E-state index contributed by atoms with van der Waals surface area (Å²) in [6.07, 6.45) is 2.96. The predicted molar refractivity (Wildman–Crippen MR) is 99.1 cm³/mol. The summed E-state index contributed by atoms with van der Waals surface area (Å²) in [6, 6.07) is 14.0. The van der Waals surface area contributed by atoms with E-state index in [1.54, 1.807) is 0 Å². The van der Waals surface area contributed by atoms with Crippen LogP contribution < -0.4 is 11.1 Å². The molecule has 24 heavy (non-hydrogen) atoms. The van der Waals surface area contributed by atoms with Gasteiger partial charge in [-0.1, -0.05) is 42.8 Å². The maximum atomic E-state index is 12.2. The maximum absolute atomic E-state index is 12.2. The summed E-state index contributed by atoms with van der Waals surface area (Å²) in [4.78, 5) is 12.2. The average Bonchev–Trinajstić information content (AvgIpc) is 2.59. The summed E-state index contributed by atoms with van der Waals surface area (Å²) in [6.45, 7) is 0.239. The quantitative estimate of drug-likeness (QED) is 0.795. The molecular formula is C19H25ClN2O2. The number of amides is 1. The molecule has 1 saturated carbocycles. The van der Waals surface area contributed by atoms with Gasteiger partial charge in [-0.2, -0.15) is 0 Å². The average molecular weight is 349 g/mol. The van der Waals surface area contributed by atoms with Crippen LogP contribution in [-0.2, 0) is 4.79 Å². The number of rotatable bonds is 4. The van der Waals surface area contributed by atoms with Gasteiger partial charge in [0, 0.05) is 18.5 Å². The first-order chi connectivity index (χ1) is 11.1. The molecule has 0 spiro atoms. The lowest BCUT2D eigenvalue weighted by molar-refractivity contribution is -0.126. The number of aliphatic hydroxyl groups is 1. The van der Waals surface area contributed by atoms with Crippen LogP contribution in [0.2, 0.25) is 0 Å². The summed E-state index contributed by atoms with van der Waals surface area (Å²) in [7, 11) is 0. The van der Waals surface area contributed by atoms with Crippen LogP contribution in [0, 0.1) is 5.92 Å². The highest BCUT2D eigenvalue weighted by molar-refractivity contribution is 5.85. The summed E-state index contributed by atoms with van der Waals surface area (Å²) in [5.74, 6) is 0.00235. The second-order valence-corrected chi connectivity index (χ2v) is 6.49. The first kappa shape index (κ1) is 18.7. The third-order valence-electron chi connectivity index (χ3n) is 4.71. The molecule has 1 aliphatic carbocycles. The van der Waals surface area contributed by atoms with E-state index < -0.39 is 6.10 Å². The molecule has 0 bridgehead atoms. The Morgan fingerprint density at radius 3 is 2.71 bits per heavy atom. The maximum Gasteiger partial charge on any atom is 0.223 e. The van der Waals surface area contributed by atoms with E-state index in [1.807, 2.05) is 42.5 Å². The van der Waals surface area contributed by atoms with Gasteiger partial charge in [-0.3, -0.25) is 4.79 Å². The number of benzene rings is 2.